The van der Waals surface area contributed by atoms with Crippen LogP contribution in [-0.4, -0.2) is 47.4 Å². The molecule has 25 heavy (non-hydrogen) atoms. The van der Waals surface area contributed by atoms with Gasteiger partial charge >= 0.3 is 0 Å². The third kappa shape index (κ3) is 3.73. The van der Waals surface area contributed by atoms with Gasteiger partial charge in [-0.05, 0) is 37.5 Å². The van der Waals surface area contributed by atoms with Crippen molar-refractivity contribution in [3.8, 4) is 0 Å². The maximum absolute atomic E-state index is 6.33. The third-order valence-corrected chi connectivity index (χ3v) is 5.63. The van der Waals surface area contributed by atoms with Gasteiger partial charge in [-0.1, -0.05) is 24.4 Å². The predicted molar refractivity (Wildman–Crippen MR) is 101 cm³/mol. The lowest BCUT2D eigenvalue weighted by molar-refractivity contribution is 0.0343. The van der Waals surface area contributed by atoms with Crippen LogP contribution in [0.3, 0.4) is 0 Å². The van der Waals surface area contributed by atoms with Crippen molar-refractivity contribution in [3.05, 3.63) is 28.5 Å². The molecule has 1 N–H and O–H groups in total. The van der Waals surface area contributed by atoms with Crippen LogP contribution in [0.15, 0.2) is 12.1 Å². The molecule has 1 aliphatic heterocycles. The molecule has 0 spiro atoms. The number of aryl methyl sites for hydroxylation is 1. The number of halogens is 1. The average molecular weight is 361 g/mol. The van der Waals surface area contributed by atoms with Crippen LogP contribution in [0.2, 0.25) is 5.15 Å². The highest BCUT2D eigenvalue weighted by molar-refractivity contribution is 6.34. The number of hydrogen-bond acceptors (Lipinski definition) is 5. The molecule has 0 unspecified atom stereocenters. The van der Waals surface area contributed by atoms with E-state index in [9.17, 15) is 0 Å². The zero-order chi connectivity index (χ0) is 17.2. The largest absolute Gasteiger partial charge is 0.382 e. The second-order valence-corrected chi connectivity index (χ2v) is 7.50. The number of benzene rings is 1. The van der Waals surface area contributed by atoms with E-state index in [1.165, 1.54) is 36.9 Å². The SMILES string of the molecule is Cc1nnc(Cl)c2cc(NC3CCCC3)c(CN3CCOCC3)cc12. The number of anilines is 1. The Morgan fingerprint density at radius 3 is 2.68 bits per heavy atom. The number of nitrogens with one attached hydrogen (secondary N) is 1. The molecular formula is C19H25ClN4O. The van der Waals surface area contributed by atoms with Gasteiger partial charge in [-0.3, -0.25) is 4.90 Å². The van der Waals surface area contributed by atoms with E-state index in [0.717, 1.165) is 49.3 Å². The first-order valence-corrected chi connectivity index (χ1v) is 9.60. The second kappa shape index (κ2) is 7.44. The van der Waals surface area contributed by atoms with Crippen molar-refractivity contribution in [2.24, 2.45) is 0 Å². The van der Waals surface area contributed by atoms with Crippen molar-refractivity contribution in [2.75, 3.05) is 31.6 Å². The molecule has 0 radical (unpaired) electrons. The molecule has 2 heterocycles. The summed E-state index contributed by atoms with van der Waals surface area (Å²) in [6.45, 7) is 6.51. The average Bonchev–Trinajstić information content (AvgIpc) is 3.13. The van der Waals surface area contributed by atoms with Gasteiger partial charge in [0.05, 0.1) is 18.9 Å². The summed E-state index contributed by atoms with van der Waals surface area (Å²) in [5, 5.41) is 14.6. The van der Waals surface area contributed by atoms with Crippen LogP contribution in [0, 0.1) is 6.92 Å². The van der Waals surface area contributed by atoms with Crippen LogP contribution in [0.1, 0.15) is 36.9 Å². The highest BCUT2D eigenvalue weighted by Gasteiger charge is 2.19. The Bertz CT molecular complexity index is 755. The zero-order valence-corrected chi connectivity index (χ0v) is 15.5. The zero-order valence-electron chi connectivity index (χ0n) is 14.7. The number of hydrogen-bond donors (Lipinski definition) is 1. The Morgan fingerprint density at radius 1 is 1.16 bits per heavy atom. The Kier molecular flexibility index (Phi) is 5.06. The molecule has 2 fully saturated rings. The van der Waals surface area contributed by atoms with Gasteiger partial charge in [0.25, 0.3) is 0 Å². The van der Waals surface area contributed by atoms with Gasteiger partial charge in [0, 0.05) is 42.1 Å². The molecule has 6 heteroatoms. The van der Waals surface area contributed by atoms with Crippen LogP contribution < -0.4 is 5.32 Å². The molecule has 2 aromatic rings. The fraction of sp³-hybridized carbons (Fsp3) is 0.579. The van der Waals surface area contributed by atoms with E-state index < -0.39 is 0 Å². The summed E-state index contributed by atoms with van der Waals surface area (Å²) >= 11 is 6.33. The first kappa shape index (κ1) is 17.0. The summed E-state index contributed by atoms with van der Waals surface area (Å²) in [6, 6.07) is 4.99. The van der Waals surface area contributed by atoms with E-state index in [-0.39, 0.29) is 0 Å². The highest BCUT2D eigenvalue weighted by atomic mass is 35.5. The van der Waals surface area contributed by atoms with E-state index >= 15 is 0 Å². The minimum Gasteiger partial charge on any atom is -0.382 e. The molecule has 2 aliphatic rings. The van der Waals surface area contributed by atoms with Crippen LogP contribution >= 0.6 is 11.6 Å². The fourth-order valence-corrected chi connectivity index (χ4v) is 4.09. The minimum atomic E-state index is 0.480. The lowest BCUT2D eigenvalue weighted by atomic mass is 10.0. The molecule has 0 amide bonds. The molecule has 4 rings (SSSR count). The molecule has 0 atom stereocenters. The minimum absolute atomic E-state index is 0.480. The van der Waals surface area contributed by atoms with E-state index in [4.69, 9.17) is 16.3 Å². The van der Waals surface area contributed by atoms with Gasteiger partial charge in [0.15, 0.2) is 5.15 Å². The first-order valence-electron chi connectivity index (χ1n) is 9.23. The lowest BCUT2D eigenvalue weighted by Crippen LogP contribution is -2.36. The maximum Gasteiger partial charge on any atom is 0.159 e. The number of rotatable bonds is 4. The summed E-state index contributed by atoms with van der Waals surface area (Å²) in [5.41, 5.74) is 3.43. The quantitative estimate of drug-likeness (QED) is 0.899. The van der Waals surface area contributed by atoms with Crippen molar-refractivity contribution in [2.45, 2.75) is 45.2 Å². The molecule has 1 aromatic heterocycles. The Hall–Kier alpha value is -1.43. The topological polar surface area (TPSA) is 50.3 Å². The van der Waals surface area contributed by atoms with Crippen LogP contribution in [0.5, 0.6) is 0 Å². The number of fused-ring (bicyclic) bond motifs is 1. The van der Waals surface area contributed by atoms with Crippen molar-refractivity contribution in [1.29, 1.82) is 0 Å². The van der Waals surface area contributed by atoms with Gasteiger partial charge in [0.1, 0.15) is 0 Å². The molecule has 1 saturated heterocycles. The Labute approximate surface area is 153 Å². The first-order chi connectivity index (χ1) is 12.2. The normalized spacial score (nSPS) is 19.6. The number of aromatic nitrogens is 2. The lowest BCUT2D eigenvalue weighted by Gasteiger charge is -2.28. The monoisotopic (exact) mass is 360 g/mol. The number of ether oxygens (including phenoxy) is 1. The molecule has 134 valence electrons. The van der Waals surface area contributed by atoms with Crippen LogP contribution in [0.4, 0.5) is 5.69 Å². The second-order valence-electron chi connectivity index (χ2n) is 7.15. The van der Waals surface area contributed by atoms with E-state index in [2.05, 4.69) is 32.5 Å². The van der Waals surface area contributed by atoms with Crippen molar-refractivity contribution in [1.82, 2.24) is 15.1 Å². The van der Waals surface area contributed by atoms with Crippen molar-refractivity contribution >= 4 is 28.1 Å². The summed E-state index contributed by atoms with van der Waals surface area (Å²) in [6.07, 6.45) is 5.12. The Balaban J connectivity index is 1.71. The number of morpholine rings is 1. The number of nitrogens with zero attached hydrogens (tertiary/aromatic N) is 3. The van der Waals surface area contributed by atoms with Gasteiger partial charge < -0.3 is 10.1 Å². The van der Waals surface area contributed by atoms with E-state index in [0.29, 0.717) is 11.2 Å². The summed E-state index contributed by atoms with van der Waals surface area (Å²) in [5.74, 6) is 0. The van der Waals surface area contributed by atoms with E-state index in [1.807, 2.05) is 6.92 Å². The summed E-state index contributed by atoms with van der Waals surface area (Å²) in [4.78, 5) is 2.45. The van der Waals surface area contributed by atoms with Gasteiger partial charge in [-0.25, -0.2) is 0 Å². The van der Waals surface area contributed by atoms with Crippen LogP contribution in [0.25, 0.3) is 10.8 Å². The third-order valence-electron chi connectivity index (χ3n) is 5.36. The molecule has 0 bridgehead atoms. The Morgan fingerprint density at radius 2 is 1.92 bits per heavy atom. The summed E-state index contributed by atoms with van der Waals surface area (Å²) in [7, 11) is 0. The van der Waals surface area contributed by atoms with E-state index in [1.54, 1.807) is 0 Å². The fourth-order valence-electron chi connectivity index (χ4n) is 3.90. The molecule has 1 aliphatic carbocycles. The van der Waals surface area contributed by atoms with Crippen molar-refractivity contribution in [3.63, 3.8) is 0 Å². The predicted octanol–water partition coefficient (Wildman–Crippen LogP) is 3.78. The van der Waals surface area contributed by atoms with Gasteiger partial charge in [-0.15, -0.1) is 5.10 Å². The smallest absolute Gasteiger partial charge is 0.159 e. The molecule has 5 nitrogen and oxygen atoms in total. The molecule has 1 saturated carbocycles. The summed E-state index contributed by atoms with van der Waals surface area (Å²) < 4.78 is 5.49. The van der Waals surface area contributed by atoms with Gasteiger partial charge in [-0.2, -0.15) is 5.10 Å². The standard InChI is InChI=1S/C19H25ClN4O/c1-13-16-10-14(12-24-6-8-25-9-7-24)18(21-15-4-2-3-5-15)11-17(16)19(20)23-22-13/h10-11,15,21H,2-9,12H2,1H3. The molecular weight excluding hydrogens is 336 g/mol. The van der Waals surface area contributed by atoms with Crippen LogP contribution in [-0.2, 0) is 11.3 Å². The van der Waals surface area contributed by atoms with Crippen molar-refractivity contribution < 1.29 is 4.74 Å². The maximum atomic E-state index is 6.33. The molecule has 1 aromatic carbocycles. The van der Waals surface area contributed by atoms with Gasteiger partial charge in [0.2, 0.25) is 0 Å². The highest BCUT2D eigenvalue weighted by Crippen LogP contribution is 2.32.